The summed E-state index contributed by atoms with van der Waals surface area (Å²) in [7, 11) is 0. The molecule has 0 aliphatic rings. The Hall–Kier alpha value is -0.610. The molecule has 2 N–H and O–H groups in total. The number of rotatable bonds is 6. The molecule has 0 unspecified atom stereocenters. The molecule has 0 aromatic rings. The average molecular weight is 218 g/mol. The average Bonchev–Trinajstić information content (AvgIpc) is 2.15. The second-order valence-electron chi connectivity index (χ2n) is 4.17. The van der Waals surface area contributed by atoms with Crippen LogP contribution in [0, 0.1) is 11.8 Å². The summed E-state index contributed by atoms with van der Waals surface area (Å²) in [6.45, 7) is 7.51. The molecule has 0 radical (unpaired) electrons. The molecule has 0 bridgehead atoms. The number of carbonyl (C=O) groups is 1. The second-order valence-corrected chi connectivity index (χ2v) is 4.17. The Bertz CT molecular complexity index is 191. The van der Waals surface area contributed by atoms with Crippen LogP contribution in [0.4, 0.5) is 0 Å². The third-order valence-electron chi connectivity index (χ3n) is 2.51. The third kappa shape index (κ3) is 5.14. The number of hydrogen-bond donors (Lipinski definition) is 2. The fourth-order valence-corrected chi connectivity index (χ4v) is 1.41. The Morgan fingerprint density at radius 1 is 1.27 bits per heavy atom. The molecule has 3 atom stereocenters. The molecule has 0 aromatic carbocycles. The van der Waals surface area contributed by atoms with Gasteiger partial charge >= 0.3 is 5.97 Å². The summed E-state index contributed by atoms with van der Waals surface area (Å²) in [5.41, 5.74) is 0. The van der Waals surface area contributed by atoms with Gasteiger partial charge in [-0.15, -0.1) is 0 Å². The lowest BCUT2D eigenvalue weighted by molar-refractivity contribution is -0.146. The lowest BCUT2D eigenvalue weighted by atomic mass is 9.89. The van der Waals surface area contributed by atoms with Crippen molar-refractivity contribution in [2.45, 2.75) is 46.3 Å². The highest BCUT2D eigenvalue weighted by molar-refractivity contribution is 5.69. The topological polar surface area (TPSA) is 66.8 Å². The lowest BCUT2D eigenvalue weighted by Gasteiger charge is -2.26. The fraction of sp³-hybridized carbons (Fsp3) is 0.909. The van der Waals surface area contributed by atoms with Crippen molar-refractivity contribution in [1.82, 2.24) is 0 Å². The minimum absolute atomic E-state index is 0.0568. The van der Waals surface area contributed by atoms with Crippen LogP contribution in [0.25, 0.3) is 0 Å². The molecule has 0 aromatic heterocycles. The Morgan fingerprint density at radius 3 is 2.20 bits per heavy atom. The largest absolute Gasteiger partial charge is 0.466 e. The highest BCUT2D eigenvalue weighted by Gasteiger charge is 2.26. The van der Waals surface area contributed by atoms with E-state index in [4.69, 9.17) is 4.74 Å². The van der Waals surface area contributed by atoms with Crippen LogP contribution in [0.15, 0.2) is 0 Å². The molecule has 4 heteroatoms. The molecule has 90 valence electrons. The molecule has 0 heterocycles. The quantitative estimate of drug-likeness (QED) is 0.651. The van der Waals surface area contributed by atoms with E-state index in [9.17, 15) is 15.0 Å². The van der Waals surface area contributed by atoms with Crippen molar-refractivity contribution in [1.29, 1.82) is 0 Å². The van der Waals surface area contributed by atoms with Gasteiger partial charge in [-0.25, -0.2) is 0 Å². The predicted molar refractivity (Wildman–Crippen MR) is 57.3 cm³/mol. The molecule has 15 heavy (non-hydrogen) atoms. The summed E-state index contributed by atoms with van der Waals surface area (Å²) in [5, 5.41) is 19.4. The molecular formula is C11H22O4. The third-order valence-corrected chi connectivity index (χ3v) is 2.51. The summed E-state index contributed by atoms with van der Waals surface area (Å²) < 4.78 is 4.72. The zero-order valence-electron chi connectivity index (χ0n) is 9.93. The predicted octanol–water partition coefficient (Wildman–Crippen LogP) is 0.953. The minimum atomic E-state index is -0.846. The van der Waals surface area contributed by atoms with Crippen LogP contribution in [0.2, 0.25) is 0 Å². The van der Waals surface area contributed by atoms with Gasteiger partial charge in [0, 0.05) is 5.92 Å². The van der Waals surface area contributed by atoms with Crippen LogP contribution in [0.5, 0.6) is 0 Å². The van der Waals surface area contributed by atoms with Gasteiger partial charge in [-0.05, 0) is 12.8 Å². The van der Waals surface area contributed by atoms with E-state index in [0.717, 1.165) is 0 Å². The lowest BCUT2D eigenvalue weighted by Crippen LogP contribution is -2.34. The van der Waals surface area contributed by atoms with Gasteiger partial charge in [-0.3, -0.25) is 4.79 Å². The highest BCUT2D eigenvalue weighted by Crippen LogP contribution is 2.18. The van der Waals surface area contributed by atoms with Crippen LogP contribution in [0.3, 0.4) is 0 Å². The first kappa shape index (κ1) is 14.4. The summed E-state index contributed by atoms with van der Waals surface area (Å²) in [4.78, 5) is 11.1. The van der Waals surface area contributed by atoms with Crippen molar-refractivity contribution in [2.75, 3.05) is 6.61 Å². The zero-order valence-corrected chi connectivity index (χ0v) is 9.93. The molecular weight excluding hydrogens is 196 g/mol. The van der Waals surface area contributed by atoms with E-state index in [2.05, 4.69) is 0 Å². The van der Waals surface area contributed by atoms with Gasteiger partial charge in [0.2, 0.25) is 0 Å². The van der Waals surface area contributed by atoms with Crippen molar-refractivity contribution < 1.29 is 19.7 Å². The van der Waals surface area contributed by atoms with Crippen molar-refractivity contribution in [3.8, 4) is 0 Å². The van der Waals surface area contributed by atoms with E-state index in [1.165, 1.54) is 0 Å². The fourth-order valence-electron chi connectivity index (χ4n) is 1.41. The minimum Gasteiger partial charge on any atom is -0.466 e. The first-order valence-corrected chi connectivity index (χ1v) is 5.41. The molecule has 0 aliphatic carbocycles. The van der Waals surface area contributed by atoms with Gasteiger partial charge in [-0.1, -0.05) is 20.8 Å². The van der Waals surface area contributed by atoms with Gasteiger partial charge in [0.05, 0.1) is 25.2 Å². The van der Waals surface area contributed by atoms with Gasteiger partial charge in [-0.2, -0.15) is 0 Å². The number of aliphatic hydroxyl groups excluding tert-OH is 2. The van der Waals surface area contributed by atoms with Crippen molar-refractivity contribution in [3.63, 3.8) is 0 Å². The monoisotopic (exact) mass is 218 g/mol. The summed E-state index contributed by atoms with van der Waals surface area (Å²) >= 11 is 0. The van der Waals surface area contributed by atoms with Crippen molar-refractivity contribution in [2.24, 2.45) is 11.8 Å². The van der Waals surface area contributed by atoms with Crippen LogP contribution >= 0.6 is 0 Å². The Labute approximate surface area is 91.3 Å². The number of aliphatic hydroxyl groups is 2. The maximum atomic E-state index is 11.1. The van der Waals surface area contributed by atoms with Crippen molar-refractivity contribution in [3.05, 3.63) is 0 Å². The van der Waals surface area contributed by atoms with Crippen molar-refractivity contribution >= 4 is 5.97 Å². The Balaban J connectivity index is 4.08. The summed E-state index contributed by atoms with van der Waals surface area (Å²) in [5.74, 6) is -0.681. The van der Waals surface area contributed by atoms with E-state index in [1.54, 1.807) is 13.8 Å². The first-order valence-electron chi connectivity index (χ1n) is 5.41. The molecule has 0 saturated heterocycles. The van der Waals surface area contributed by atoms with E-state index >= 15 is 0 Å². The standard InChI is InChI=1S/C11H22O4/c1-5-15-10(13)6-9(12)8(4)11(14)7(2)3/h7-9,11-12,14H,5-6H2,1-4H3/t8-,9+,11+/m1/s1. The van der Waals surface area contributed by atoms with E-state index < -0.39 is 18.2 Å². The molecule has 0 fully saturated rings. The van der Waals surface area contributed by atoms with E-state index in [-0.39, 0.29) is 18.3 Å². The number of hydrogen-bond acceptors (Lipinski definition) is 4. The van der Waals surface area contributed by atoms with Gasteiger partial charge in [0.25, 0.3) is 0 Å². The van der Waals surface area contributed by atoms with Gasteiger partial charge < -0.3 is 14.9 Å². The SMILES string of the molecule is CCOC(=O)C[C@H](O)[C@@H](C)[C@@H](O)C(C)C. The van der Waals surface area contributed by atoms with Crippen LogP contribution in [-0.4, -0.2) is 35.0 Å². The number of carbonyl (C=O) groups excluding carboxylic acids is 1. The van der Waals surface area contributed by atoms with E-state index in [0.29, 0.717) is 6.61 Å². The second kappa shape index (κ2) is 6.80. The molecule has 0 spiro atoms. The highest BCUT2D eigenvalue weighted by atomic mass is 16.5. The maximum absolute atomic E-state index is 11.1. The zero-order chi connectivity index (χ0) is 12.0. The molecule has 4 nitrogen and oxygen atoms in total. The van der Waals surface area contributed by atoms with Crippen LogP contribution in [-0.2, 0) is 9.53 Å². The van der Waals surface area contributed by atoms with E-state index in [1.807, 2.05) is 13.8 Å². The molecule has 0 aliphatic heterocycles. The Kier molecular flexibility index (Phi) is 6.52. The summed E-state index contributed by atoms with van der Waals surface area (Å²) in [6.07, 6.45) is -1.51. The molecule has 0 saturated carbocycles. The number of ether oxygens (including phenoxy) is 1. The van der Waals surface area contributed by atoms with Gasteiger partial charge in [0.15, 0.2) is 0 Å². The first-order chi connectivity index (χ1) is 6.90. The summed E-state index contributed by atoms with van der Waals surface area (Å²) in [6, 6.07) is 0. The number of esters is 1. The van der Waals surface area contributed by atoms with Crippen LogP contribution in [0.1, 0.15) is 34.1 Å². The maximum Gasteiger partial charge on any atom is 0.308 e. The Morgan fingerprint density at radius 2 is 1.80 bits per heavy atom. The normalized spacial score (nSPS) is 17.3. The smallest absolute Gasteiger partial charge is 0.308 e. The van der Waals surface area contributed by atoms with Gasteiger partial charge in [0.1, 0.15) is 0 Å². The molecule has 0 rings (SSSR count). The van der Waals surface area contributed by atoms with Crippen LogP contribution < -0.4 is 0 Å². The molecule has 0 amide bonds.